The SMILES string of the molecule is CC(OC(=O)CCC1CCCCC1)c1nc(C(C)(C)C)no1. The van der Waals surface area contributed by atoms with Crippen LogP contribution in [0.2, 0.25) is 0 Å². The van der Waals surface area contributed by atoms with Gasteiger partial charge in [0.05, 0.1) is 0 Å². The molecule has 1 heterocycles. The van der Waals surface area contributed by atoms with Crippen molar-refractivity contribution in [1.29, 1.82) is 0 Å². The van der Waals surface area contributed by atoms with Crippen LogP contribution in [-0.2, 0) is 14.9 Å². The molecule has 1 aliphatic carbocycles. The number of esters is 1. The highest BCUT2D eigenvalue weighted by Crippen LogP contribution is 2.28. The molecular weight excluding hydrogens is 280 g/mol. The van der Waals surface area contributed by atoms with Gasteiger partial charge in [0.25, 0.3) is 5.89 Å². The van der Waals surface area contributed by atoms with E-state index in [0.717, 1.165) is 6.42 Å². The lowest BCUT2D eigenvalue weighted by atomic mass is 9.86. The molecule has 1 unspecified atom stereocenters. The molecule has 1 aromatic heterocycles. The number of ether oxygens (including phenoxy) is 1. The maximum absolute atomic E-state index is 12.0. The van der Waals surface area contributed by atoms with Crippen LogP contribution in [0.25, 0.3) is 0 Å². The number of hydrogen-bond donors (Lipinski definition) is 0. The van der Waals surface area contributed by atoms with Crippen LogP contribution in [0.3, 0.4) is 0 Å². The topological polar surface area (TPSA) is 65.2 Å². The normalized spacial score (nSPS) is 18.2. The van der Waals surface area contributed by atoms with E-state index in [9.17, 15) is 4.79 Å². The molecule has 0 aromatic carbocycles. The number of carbonyl (C=O) groups excluding carboxylic acids is 1. The van der Waals surface area contributed by atoms with Gasteiger partial charge in [-0.3, -0.25) is 4.79 Å². The summed E-state index contributed by atoms with van der Waals surface area (Å²) in [5, 5.41) is 3.96. The van der Waals surface area contributed by atoms with Crippen molar-refractivity contribution in [2.75, 3.05) is 0 Å². The van der Waals surface area contributed by atoms with Crippen LogP contribution in [0, 0.1) is 5.92 Å². The summed E-state index contributed by atoms with van der Waals surface area (Å²) in [6.45, 7) is 7.83. The molecule has 1 saturated carbocycles. The molecule has 22 heavy (non-hydrogen) atoms. The van der Waals surface area contributed by atoms with Crippen LogP contribution in [0.4, 0.5) is 0 Å². The Morgan fingerprint density at radius 2 is 2.00 bits per heavy atom. The Kier molecular flexibility index (Phi) is 5.59. The van der Waals surface area contributed by atoms with E-state index in [-0.39, 0.29) is 11.4 Å². The van der Waals surface area contributed by atoms with Crippen LogP contribution >= 0.6 is 0 Å². The summed E-state index contributed by atoms with van der Waals surface area (Å²) in [5.74, 6) is 1.52. The molecule has 0 spiro atoms. The summed E-state index contributed by atoms with van der Waals surface area (Å²) in [6.07, 6.45) is 7.37. The first kappa shape index (κ1) is 17.0. The van der Waals surface area contributed by atoms with Gasteiger partial charge in [-0.25, -0.2) is 0 Å². The summed E-state index contributed by atoms with van der Waals surface area (Å²) in [5.41, 5.74) is -0.174. The predicted octanol–water partition coefficient (Wildman–Crippen LogP) is 4.33. The molecule has 0 bridgehead atoms. The zero-order chi connectivity index (χ0) is 16.2. The largest absolute Gasteiger partial charge is 0.453 e. The van der Waals surface area contributed by atoms with E-state index in [0.29, 0.717) is 24.1 Å². The van der Waals surface area contributed by atoms with Gasteiger partial charge in [-0.15, -0.1) is 0 Å². The van der Waals surface area contributed by atoms with Gasteiger partial charge in [-0.05, 0) is 19.3 Å². The van der Waals surface area contributed by atoms with Crippen molar-refractivity contribution in [3.63, 3.8) is 0 Å². The Labute approximate surface area is 132 Å². The first-order valence-corrected chi connectivity index (χ1v) is 8.40. The second kappa shape index (κ2) is 7.25. The summed E-state index contributed by atoms with van der Waals surface area (Å²) >= 11 is 0. The molecule has 0 radical (unpaired) electrons. The second-order valence-corrected chi connectivity index (χ2v) is 7.38. The lowest BCUT2D eigenvalue weighted by molar-refractivity contribution is -0.150. The van der Waals surface area contributed by atoms with Gasteiger partial charge in [-0.2, -0.15) is 4.98 Å². The smallest absolute Gasteiger partial charge is 0.306 e. The van der Waals surface area contributed by atoms with E-state index < -0.39 is 6.10 Å². The maximum atomic E-state index is 12.0. The molecule has 1 fully saturated rings. The quantitative estimate of drug-likeness (QED) is 0.757. The van der Waals surface area contributed by atoms with Crippen molar-refractivity contribution in [2.45, 2.75) is 84.2 Å². The van der Waals surface area contributed by atoms with Gasteiger partial charge in [0.1, 0.15) is 0 Å². The lowest BCUT2D eigenvalue weighted by Gasteiger charge is -2.21. The van der Waals surface area contributed by atoms with Crippen molar-refractivity contribution in [3.8, 4) is 0 Å². The van der Waals surface area contributed by atoms with E-state index in [1.54, 1.807) is 6.92 Å². The van der Waals surface area contributed by atoms with Crippen molar-refractivity contribution < 1.29 is 14.1 Å². The van der Waals surface area contributed by atoms with E-state index in [4.69, 9.17) is 9.26 Å². The number of carbonyl (C=O) groups is 1. The zero-order valence-electron chi connectivity index (χ0n) is 14.2. The molecule has 124 valence electrons. The molecule has 0 saturated heterocycles. The number of hydrogen-bond acceptors (Lipinski definition) is 5. The van der Waals surface area contributed by atoms with Crippen molar-refractivity contribution >= 4 is 5.97 Å². The van der Waals surface area contributed by atoms with Gasteiger partial charge >= 0.3 is 5.97 Å². The van der Waals surface area contributed by atoms with E-state index in [1.807, 2.05) is 20.8 Å². The number of aromatic nitrogens is 2. The fourth-order valence-corrected chi connectivity index (χ4v) is 2.81. The van der Waals surface area contributed by atoms with E-state index in [1.165, 1.54) is 32.1 Å². The minimum absolute atomic E-state index is 0.173. The molecule has 0 aliphatic heterocycles. The molecule has 1 aliphatic rings. The summed E-state index contributed by atoms with van der Waals surface area (Å²) in [7, 11) is 0. The molecule has 5 heteroatoms. The van der Waals surface area contributed by atoms with Crippen LogP contribution in [0.1, 0.15) is 90.5 Å². The average molecular weight is 308 g/mol. The Morgan fingerprint density at radius 1 is 1.32 bits per heavy atom. The fraction of sp³-hybridized carbons (Fsp3) is 0.824. The summed E-state index contributed by atoms with van der Waals surface area (Å²) < 4.78 is 10.6. The number of rotatable bonds is 5. The molecule has 2 rings (SSSR count). The van der Waals surface area contributed by atoms with Crippen molar-refractivity contribution in [3.05, 3.63) is 11.7 Å². The van der Waals surface area contributed by atoms with Crippen molar-refractivity contribution in [1.82, 2.24) is 10.1 Å². The minimum atomic E-state index is -0.484. The monoisotopic (exact) mass is 308 g/mol. The highest BCUT2D eigenvalue weighted by Gasteiger charge is 2.25. The maximum Gasteiger partial charge on any atom is 0.306 e. The third-order valence-corrected chi connectivity index (χ3v) is 4.25. The Bertz CT molecular complexity index is 484. The molecule has 1 aromatic rings. The Morgan fingerprint density at radius 3 is 2.59 bits per heavy atom. The summed E-state index contributed by atoms with van der Waals surface area (Å²) in [4.78, 5) is 16.3. The minimum Gasteiger partial charge on any atom is -0.453 e. The van der Waals surface area contributed by atoms with Gasteiger partial charge in [0, 0.05) is 11.8 Å². The highest BCUT2D eigenvalue weighted by atomic mass is 16.6. The fourth-order valence-electron chi connectivity index (χ4n) is 2.81. The van der Waals surface area contributed by atoms with Crippen LogP contribution in [-0.4, -0.2) is 16.1 Å². The molecule has 5 nitrogen and oxygen atoms in total. The Hall–Kier alpha value is -1.39. The summed E-state index contributed by atoms with van der Waals surface area (Å²) in [6, 6.07) is 0. The first-order chi connectivity index (χ1) is 10.4. The molecule has 0 N–H and O–H groups in total. The van der Waals surface area contributed by atoms with Gasteiger partial charge in [0.2, 0.25) is 0 Å². The molecule has 0 amide bonds. The van der Waals surface area contributed by atoms with Crippen LogP contribution < -0.4 is 0 Å². The van der Waals surface area contributed by atoms with E-state index >= 15 is 0 Å². The second-order valence-electron chi connectivity index (χ2n) is 7.38. The van der Waals surface area contributed by atoms with Gasteiger partial charge in [-0.1, -0.05) is 58.0 Å². The zero-order valence-corrected chi connectivity index (χ0v) is 14.2. The standard InChI is InChI=1S/C17H28N2O3/c1-12(15-18-16(19-22-15)17(2,3)4)21-14(20)11-10-13-8-6-5-7-9-13/h12-13H,5-11H2,1-4H3. The molecular formula is C17H28N2O3. The van der Waals surface area contributed by atoms with Crippen molar-refractivity contribution in [2.24, 2.45) is 5.92 Å². The van der Waals surface area contributed by atoms with Gasteiger partial charge < -0.3 is 9.26 Å². The Balaban J connectivity index is 1.79. The average Bonchev–Trinajstić information content (AvgIpc) is 2.96. The first-order valence-electron chi connectivity index (χ1n) is 8.40. The van der Waals surface area contributed by atoms with Crippen LogP contribution in [0.15, 0.2) is 4.52 Å². The highest BCUT2D eigenvalue weighted by molar-refractivity contribution is 5.69. The molecule has 1 atom stereocenters. The van der Waals surface area contributed by atoms with E-state index in [2.05, 4.69) is 10.1 Å². The number of nitrogens with zero attached hydrogens (tertiary/aromatic N) is 2. The van der Waals surface area contributed by atoms with Gasteiger partial charge in [0.15, 0.2) is 11.9 Å². The lowest BCUT2D eigenvalue weighted by Crippen LogP contribution is -2.14. The predicted molar refractivity (Wildman–Crippen MR) is 83.3 cm³/mol. The third kappa shape index (κ3) is 4.82. The third-order valence-electron chi connectivity index (χ3n) is 4.25. The van der Waals surface area contributed by atoms with Crippen LogP contribution in [0.5, 0.6) is 0 Å².